The third kappa shape index (κ3) is 4.76. The molecule has 0 aromatic carbocycles. The normalized spacial score (nSPS) is 28.9. The fourth-order valence-electron chi connectivity index (χ4n) is 2.94. The highest BCUT2D eigenvalue weighted by Gasteiger charge is 2.42. The van der Waals surface area contributed by atoms with Crippen LogP contribution in [0.1, 0.15) is 39.5 Å². The molecule has 1 aliphatic heterocycles. The molecule has 0 bridgehead atoms. The molecule has 2 atom stereocenters. The van der Waals surface area contributed by atoms with Crippen LogP contribution in [0.4, 0.5) is 13.2 Å². The summed E-state index contributed by atoms with van der Waals surface area (Å²) in [4.78, 5) is 4.52. The zero-order valence-corrected chi connectivity index (χ0v) is 13.3. The SMILES string of the molecule is CCNC(=NCC1(C)COC1)NC1CCCC(C(F)(F)F)C1. The lowest BCUT2D eigenvalue weighted by molar-refractivity contribution is -0.183. The molecule has 0 aromatic rings. The molecule has 0 radical (unpaired) electrons. The van der Waals surface area contributed by atoms with Gasteiger partial charge in [0.05, 0.1) is 25.7 Å². The molecule has 22 heavy (non-hydrogen) atoms. The van der Waals surface area contributed by atoms with Gasteiger partial charge in [-0.1, -0.05) is 13.3 Å². The average molecular weight is 321 g/mol. The zero-order valence-electron chi connectivity index (χ0n) is 13.3. The molecule has 2 aliphatic rings. The van der Waals surface area contributed by atoms with Gasteiger partial charge in [-0.05, 0) is 26.2 Å². The van der Waals surface area contributed by atoms with Gasteiger partial charge in [0.1, 0.15) is 0 Å². The van der Waals surface area contributed by atoms with Crippen LogP contribution in [0.3, 0.4) is 0 Å². The van der Waals surface area contributed by atoms with Gasteiger partial charge in [-0.3, -0.25) is 4.99 Å². The number of alkyl halides is 3. The van der Waals surface area contributed by atoms with E-state index in [0.717, 1.165) is 6.42 Å². The molecule has 1 saturated heterocycles. The Morgan fingerprint density at radius 1 is 1.32 bits per heavy atom. The summed E-state index contributed by atoms with van der Waals surface area (Å²) >= 11 is 0. The second-order valence-electron chi connectivity index (χ2n) is 6.75. The van der Waals surface area contributed by atoms with Gasteiger partial charge in [-0.15, -0.1) is 0 Å². The molecular formula is C15H26F3N3O. The minimum absolute atomic E-state index is 0.0589. The predicted octanol–water partition coefficient (Wildman–Crippen LogP) is 2.70. The number of hydrogen-bond donors (Lipinski definition) is 2. The van der Waals surface area contributed by atoms with Crippen LogP contribution < -0.4 is 10.6 Å². The highest BCUT2D eigenvalue weighted by Crippen LogP contribution is 2.37. The zero-order chi connectivity index (χ0) is 16.2. The van der Waals surface area contributed by atoms with E-state index in [1.165, 1.54) is 0 Å². The minimum atomic E-state index is -4.09. The van der Waals surface area contributed by atoms with Crippen molar-refractivity contribution in [2.24, 2.45) is 16.3 Å². The highest BCUT2D eigenvalue weighted by molar-refractivity contribution is 5.80. The Morgan fingerprint density at radius 2 is 2.05 bits per heavy atom. The third-order valence-electron chi connectivity index (χ3n) is 4.34. The first kappa shape index (κ1) is 17.4. The quantitative estimate of drug-likeness (QED) is 0.618. The maximum absolute atomic E-state index is 12.9. The fourth-order valence-corrected chi connectivity index (χ4v) is 2.94. The Morgan fingerprint density at radius 3 is 2.59 bits per heavy atom. The summed E-state index contributed by atoms with van der Waals surface area (Å²) in [7, 11) is 0. The Balaban J connectivity index is 1.90. The van der Waals surface area contributed by atoms with Crippen molar-refractivity contribution in [1.82, 2.24) is 10.6 Å². The lowest BCUT2D eigenvalue weighted by Gasteiger charge is -2.37. The van der Waals surface area contributed by atoms with Crippen molar-refractivity contribution >= 4 is 5.96 Å². The Labute approximate surface area is 129 Å². The largest absolute Gasteiger partial charge is 0.391 e. The third-order valence-corrected chi connectivity index (χ3v) is 4.34. The van der Waals surface area contributed by atoms with Crippen LogP contribution in [0.25, 0.3) is 0 Å². The highest BCUT2D eigenvalue weighted by atomic mass is 19.4. The van der Waals surface area contributed by atoms with Crippen molar-refractivity contribution in [3.05, 3.63) is 0 Å². The summed E-state index contributed by atoms with van der Waals surface area (Å²) in [6, 6.07) is -0.163. The first-order valence-corrected chi connectivity index (χ1v) is 8.02. The lowest BCUT2D eigenvalue weighted by Crippen LogP contribution is -2.48. The molecule has 2 rings (SSSR count). The first-order chi connectivity index (χ1) is 10.3. The van der Waals surface area contributed by atoms with Crippen molar-refractivity contribution in [1.29, 1.82) is 0 Å². The van der Waals surface area contributed by atoms with E-state index in [4.69, 9.17) is 4.74 Å². The van der Waals surface area contributed by atoms with Crippen LogP contribution in [0.15, 0.2) is 4.99 Å². The molecular weight excluding hydrogens is 295 g/mol. The standard InChI is InChI=1S/C15H26F3N3O/c1-3-19-13(20-8-14(2)9-22-10-14)21-12-6-4-5-11(7-12)15(16,17)18/h11-12H,3-10H2,1-2H3,(H2,19,20,21). The van der Waals surface area contributed by atoms with Gasteiger partial charge >= 0.3 is 6.18 Å². The number of nitrogens with zero attached hydrogens (tertiary/aromatic N) is 1. The second-order valence-corrected chi connectivity index (χ2v) is 6.75. The maximum atomic E-state index is 12.9. The number of aliphatic imine (C=N–C) groups is 1. The van der Waals surface area contributed by atoms with E-state index in [9.17, 15) is 13.2 Å². The summed E-state index contributed by atoms with van der Waals surface area (Å²) in [6.07, 6.45) is -2.35. The van der Waals surface area contributed by atoms with Crippen molar-refractivity contribution < 1.29 is 17.9 Å². The van der Waals surface area contributed by atoms with Gasteiger partial charge < -0.3 is 15.4 Å². The van der Waals surface area contributed by atoms with E-state index in [1.54, 1.807) is 0 Å². The predicted molar refractivity (Wildman–Crippen MR) is 79.8 cm³/mol. The van der Waals surface area contributed by atoms with Crippen LogP contribution in [0.2, 0.25) is 0 Å². The number of guanidine groups is 1. The van der Waals surface area contributed by atoms with Crippen LogP contribution in [0.5, 0.6) is 0 Å². The Kier molecular flexibility index (Phi) is 5.58. The topological polar surface area (TPSA) is 45.7 Å². The average Bonchev–Trinajstić information content (AvgIpc) is 2.42. The molecule has 0 amide bonds. The second kappa shape index (κ2) is 7.06. The Hall–Kier alpha value is -0.980. The minimum Gasteiger partial charge on any atom is -0.380 e. The maximum Gasteiger partial charge on any atom is 0.391 e. The summed E-state index contributed by atoms with van der Waals surface area (Å²) in [6.45, 7) is 6.74. The molecule has 2 N–H and O–H groups in total. The molecule has 7 heteroatoms. The van der Waals surface area contributed by atoms with Crippen molar-refractivity contribution in [2.45, 2.75) is 51.7 Å². The molecule has 2 fully saturated rings. The van der Waals surface area contributed by atoms with E-state index < -0.39 is 12.1 Å². The summed E-state index contributed by atoms with van der Waals surface area (Å²) in [5.41, 5.74) is 0.0589. The van der Waals surface area contributed by atoms with Crippen molar-refractivity contribution in [3.63, 3.8) is 0 Å². The summed E-state index contributed by atoms with van der Waals surface area (Å²) in [5, 5.41) is 6.30. The number of ether oxygens (including phenoxy) is 1. The summed E-state index contributed by atoms with van der Waals surface area (Å²) < 4.78 is 43.8. The van der Waals surface area contributed by atoms with Gasteiger partial charge in [0.25, 0.3) is 0 Å². The van der Waals surface area contributed by atoms with Crippen LogP contribution in [-0.4, -0.2) is 44.5 Å². The van der Waals surface area contributed by atoms with Gasteiger partial charge in [-0.2, -0.15) is 13.2 Å². The number of nitrogens with one attached hydrogen (secondary N) is 2. The number of halogens is 3. The lowest BCUT2D eigenvalue weighted by atomic mass is 9.85. The van der Waals surface area contributed by atoms with Gasteiger partial charge in [-0.25, -0.2) is 0 Å². The van der Waals surface area contributed by atoms with E-state index in [0.29, 0.717) is 38.7 Å². The molecule has 128 valence electrons. The molecule has 1 saturated carbocycles. The number of hydrogen-bond acceptors (Lipinski definition) is 2. The number of rotatable bonds is 4. The van der Waals surface area contributed by atoms with Crippen LogP contribution in [0, 0.1) is 11.3 Å². The van der Waals surface area contributed by atoms with Crippen LogP contribution >= 0.6 is 0 Å². The Bertz CT molecular complexity index is 394. The summed E-state index contributed by atoms with van der Waals surface area (Å²) in [5.74, 6) is -0.581. The van der Waals surface area contributed by atoms with E-state index in [-0.39, 0.29) is 24.3 Å². The molecule has 1 heterocycles. The molecule has 1 aliphatic carbocycles. The van der Waals surface area contributed by atoms with Crippen molar-refractivity contribution in [2.75, 3.05) is 26.3 Å². The fraction of sp³-hybridized carbons (Fsp3) is 0.933. The first-order valence-electron chi connectivity index (χ1n) is 8.02. The molecule has 0 spiro atoms. The van der Waals surface area contributed by atoms with Gasteiger partial charge in [0.2, 0.25) is 0 Å². The van der Waals surface area contributed by atoms with Gasteiger partial charge in [0, 0.05) is 18.0 Å². The van der Waals surface area contributed by atoms with E-state index in [2.05, 4.69) is 22.5 Å². The molecule has 4 nitrogen and oxygen atoms in total. The van der Waals surface area contributed by atoms with Gasteiger partial charge in [0.15, 0.2) is 5.96 Å². The smallest absolute Gasteiger partial charge is 0.380 e. The van der Waals surface area contributed by atoms with Crippen LogP contribution in [-0.2, 0) is 4.74 Å². The van der Waals surface area contributed by atoms with E-state index in [1.807, 2.05) is 6.92 Å². The molecule has 0 aromatic heterocycles. The molecule has 2 unspecified atom stereocenters. The monoisotopic (exact) mass is 321 g/mol. The van der Waals surface area contributed by atoms with E-state index >= 15 is 0 Å². The van der Waals surface area contributed by atoms with Crippen molar-refractivity contribution in [3.8, 4) is 0 Å².